The van der Waals surface area contributed by atoms with Crippen LogP contribution in [0.15, 0.2) is 36.0 Å². The number of nitrogens with zero attached hydrogens (tertiary/aromatic N) is 4. The first-order valence-electron chi connectivity index (χ1n) is 9.77. The minimum Gasteiger partial charge on any atom is -0.451 e. The van der Waals surface area contributed by atoms with Gasteiger partial charge in [0.1, 0.15) is 5.01 Å². The maximum Gasteiger partial charge on any atom is 0.358 e. The fraction of sp³-hybridized carbons (Fsp3) is 0.333. The summed E-state index contributed by atoms with van der Waals surface area (Å²) in [5.74, 6) is -1.01. The Labute approximate surface area is 178 Å². The lowest BCUT2D eigenvalue weighted by Crippen LogP contribution is -2.22. The highest BCUT2D eigenvalue weighted by Gasteiger charge is 2.17. The smallest absolute Gasteiger partial charge is 0.358 e. The monoisotopic (exact) mass is 425 g/mol. The summed E-state index contributed by atoms with van der Waals surface area (Å²) < 4.78 is 6.79. The van der Waals surface area contributed by atoms with E-state index in [1.807, 2.05) is 32.3 Å². The number of aromatic nitrogens is 3. The Hall–Kier alpha value is -3.20. The van der Waals surface area contributed by atoms with Crippen LogP contribution in [0.3, 0.4) is 0 Å². The highest BCUT2D eigenvalue weighted by Crippen LogP contribution is 2.26. The first kappa shape index (κ1) is 20.1. The maximum absolute atomic E-state index is 12.2. The molecule has 3 heterocycles. The molecule has 0 aliphatic carbocycles. The standard InChI is InChI=1S/C21H23N5O3S/c1-14-9-16(26-7-3-4-8-26)5-6-17(14)23-19(27)12-29-21(28)18-13-30-20(24-18)15-10-22-25(2)11-15/h5-6,9-11,13H,3-4,7-8,12H2,1-2H3,(H,23,27). The summed E-state index contributed by atoms with van der Waals surface area (Å²) in [5.41, 5.74) is 3.86. The van der Waals surface area contributed by atoms with Gasteiger partial charge in [-0.3, -0.25) is 9.48 Å². The number of carbonyl (C=O) groups excluding carboxylic acids is 2. The summed E-state index contributed by atoms with van der Waals surface area (Å²) in [4.78, 5) is 31.1. The van der Waals surface area contributed by atoms with E-state index in [9.17, 15) is 9.59 Å². The van der Waals surface area contributed by atoms with Gasteiger partial charge in [-0.15, -0.1) is 11.3 Å². The fourth-order valence-electron chi connectivity index (χ4n) is 3.38. The van der Waals surface area contributed by atoms with E-state index in [2.05, 4.69) is 26.4 Å². The lowest BCUT2D eigenvalue weighted by atomic mass is 10.1. The molecule has 1 aliphatic rings. The van der Waals surface area contributed by atoms with Gasteiger partial charge in [-0.05, 0) is 43.5 Å². The zero-order valence-corrected chi connectivity index (χ0v) is 17.7. The van der Waals surface area contributed by atoms with Crippen LogP contribution >= 0.6 is 11.3 Å². The molecule has 1 saturated heterocycles. The Morgan fingerprint density at radius 1 is 1.27 bits per heavy atom. The van der Waals surface area contributed by atoms with Crippen molar-refractivity contribution < 1.29 is 14.3 Å². The summed E-state index contributed by atoms with van der Waals surface area (Å²) in [7, 11) is 1.81. The number of esters is 1. The summed E-state index contributed by atoms with van der Waals surface area (Å²) in [6, 6.07) is 5.97. The average molecular weight is 426 g/mol. The van der Waals surface area contributed by atoms with Gasteiger partial charge in [-0.2, -0.15) is 5.10 Å². The van der Waals surface area contributed by atoms with Gasteiger partial charge in [0.25, 0.3) is 5.91 Å². The molecule has 0 radical (unpaired) electrons. The number of thiazole rings is 1. The third-order valence-corrected chi connectivity index (χ3v) is 5.85. The van der Waals surface area contributed by atoms with Crippen LogP contribution < -0.4 is 10.2 Å². The fourth-order valence-corrected chi connectivity index (χ4v) is 4.15. The Kier molecular flexibility index (Phi) is 5.80. The zero-order valence-electron chi connectivity index (χ0n) is 16.9. The molecule has 0 unspecified atom stereocenters. The van der Waals surface area contributed by atoms with Gasteiger partial charge in [0.15, 0.2) is 12.3 Å². The molecule has 1 amide bonds. The molecule has 1 N–H and O–H groups in total. The predicted octanol–water partition coefficient (Wildman–Crippen LogP) is 3.25. The van der Waals surface area contributed by atoms with Crippen molar-refractivity contribution in [2.24, 2.45) is 7.05 Å². The van der Waals surface area contributed by atoms with Crippen LogP contribution in [0, 0.1) is 6.92 Å². The number of ether oxygens (including phenoxy) is 1. The number of rotatable bonds is 6. The Bertz CT molecular complexity index is 1070. The van der Waals surface area contributed by atoms with Crippen molar-refractivity contribution >= 4 is 34.6 Å². The molecular weight excluding hydrogens is 402 g/mol. The molecule has 8 nitrogen and oxygen atoms in total. The average Bonchev–Trinajstić information content (AvgIpc) is 3.49. The number of aryl methyl sites for hydroxylation is 2. The van der Waals surface area contributed by atoms with Gasteiger partial charge in [0.05, 0.1) is 6.20 Å². The van der Waals surface area contributed by atoms with E-state index >= 15 is 0 Å². The van der Waals surface area contributed by atoms with Crippen LogP contribution in [-0.2, 0) is 16.6 Å². The van der Waals surface area contributed by atoms with Crippen molar-refractivity contribution in [3.63, 3.8) is 0 Å². The van der Waals surface area contributed by atoms with Crippen LogP contribution in [0.5, 0.6) is 0 Å². The van der Waals surface area contributed by atoms with E-state index in [0.29, 0.717) is 10.7 Å². The maximum atomic E-state index is 12.2. The van der Waals surface area contributed by atoms with Crippen molar-refractivity contribution in [3.8, 4) is 10.6 Å². The number of hydrogen-bond acceptors (Lipinski definition) is 7. The van der Waals surface area contributed by atoms with Crippen LogP contribution in [0.2, 0.25) is 0 Å². The highest BCUT2D eigenvalue weighted by atomic mass is 32.1. The minimum absolute atomic E-state index is 0.179. The van der Waals surface area contributed by atoms with Gasteiger partial charge in [0, 0.05) is 48.7 Å². The third kappa shape index (κ3) is 4.51. The molecule has 30 heavy (non-hydrogen) atoms. The Morgan fingerprint density at radius 3 is 2.77 bits per heavy atom. The van der Waals surface area contributed by atoms with Crippen molar-refractivity contribution in [2.45, 2.75) is 19.8 Å². The van der Waals surface area contributed by atoms with Crippen molar-refractivity contribution in [1.29, 1.82) is 0 Å². The van der Waals surface area contributed by atoms with Gasteiger partial charge < -0.3 is 15.0 Å². The second-order valence-electron chi connectivity index (χ2n) is 7.26. The van der Waals surface area contributed by atoms with Gasteiger partial charge >= 0.3 is 5.97 Å². The first-order valence-corrected chi connectivity index (χ1v) is 10.6. The predicted molar refractivity (Wildman–Crippen MR) is 116 cm³/mol. The largest absolute Gasteiger partial charge is 0.451 e. The second-order valence-corrected chi connectivity index (χ2v) is 8.12. The second kappa shape index (κ2) is 8.66. The van der Waals surface area contributed by atoms with Crippen LogP contribution in [0.1, 0.15) is 28.9 Å². The lowest BCUT2D eigenvalue weighted by Gasteiger charge is -2.19. The number of anilines is 2. The SMILES string of the molecule is Cc1cc(N2CCCC2)ccc1NC(=O)COC(=O)c1csc(-c2cnn(C)c2)n1. The van der Waals surface area contributed by atoms with E-state index in [1.54, 1.807) is 16.3 Å². The van der Waals surface area contributed by atoms with Crippen LogP contribution in [0.25, 0.3) is 10.6 Å². The molecule has 2 aromatic heterocycles. The summed E-state index contributed by atoms with van der Waals surface area (Å²) in [5, 5.41) is 9.19. The van der Waals surface area contributed by atoms with Crippen LogP contribution in [-0.4, -0.2) is 46.3 Å². The van der Waals surface area contributed by atoms with E-state index in [-0.39, 0.29) is 18.2 Å². The van der Waals surface area contributed by atoms with E-state index in [4.69, 9.17) is 4.74 Å². The molecule has 9 heteroatoms. The third-order valence-electron chi connectivity index (χ3n) is 4.95. The number of benzene rings is 1. The topological polar surface area (TPSA) is 89.4 Å². The number of hydrogen-bond donors (Lipinski definition) is 1. The molecule has 0 spiro atoms. The van der Waals surface area contributed by atoms with Gasteiger partial charge in [-0.1, -0.05) is 0 Å². The van der Waals surface area contributed by atoms with Gasteiger partial charge in [0.2, 0.25) is 0 Å². The highest BCUT2D eigenvalue weighted by molar-refractivity contribution is 7.13. The molecule has 0 saturated carbocycles. The lowest BCUT2D eigenvalue weighted by molar-refractivity contribution is -0.119. The normalized spacial score (nSPS) is 13.5. The number of carbonyl (C=O) groups is 2. The van der Waals surface area contributed by atoms with Crippen molar-refractivity contribution in [1.82, 2.24) is 14.8 Å². The van der Waals surface area contributed by atoms with Crippen molar-refractivity contribution in [3.05, 3.63) is 47.2 Å². The van der Waals surface area contributed by atoms with Gasteiger partial charge in [-0.25, -0.2) is 9.78 Å². The van der Waals surface area contributed by atoms with E-state index in [0.717, 1.165) is 24.2 Å². The molecule has 156 valence electrons. The Balaban J connectivity index is 1.31. The van der Waals surface area contributed by atoms with E-state index in [1.165, 1.54) is 29.9 Å². The Morgan fingerprint density at radius 2 is 2.07 bits per heavy atom. The summed E-state index contributed by atoms with van der Waals surface area (Å²) >= 11 is 1.33. The molecular formula is C21H23N5O3S. The van der Waals surface area contributed by atoms with Crippen LogP contribution in [0.4, 0.5) is 11.4 Å². The molecule has 0 bridgehead atoms. The molecule has 0 atom stereocenters. The first-order chi connectivity index (χ1) is 14.5. The van der Waals surface area contributed by atoms with Crippen molar-refractivity contribution in [2.75, 3.05) is 29.9 Å². The summed E-state index contributed by atoms with van der Waals surface area (Å²) in [6.07, 6.45) is 5.93. The molecule has 4 rings (SSSR count). The molecule has 1 fully saturated rings. The van der Waals surface area contributed by atoms with E-state index < -0.39 is 5.97 Å². The molecule has 1 aromatic carbocycles. The number of nitrogens with one attached hydrogen (secondary N) is 1. The molecule has 3 aromatic rings. The summed E-state index contributed by atoms with van der Waals surface area (Å²) in [6.45, 7) is 3.72. The quantitative estimate of drug-likeness (QED) is 0.610. The zero-order chi connectivity index (χ0) is 21.1. The minimum atomic E-state index is -0.627. The number of amides is 1. The molecule has 1 aliphatic heterocycles.